The minimum Gasteiger partial charge on any atom is -0.0620 e. The van der Waals surface area contributed by atoms with Gasteiger partial charge >= 0.3 is 0 Å². The van der Waals surface area contributed by atoms with Crippen LogP contribution in [0.2, 0.25) is 0 Å². The van der Waals surface area contributed by atoms with Crippen LogP contribution < -0.4 is 0 Å². The Morgan fingerprint density at radius 1 is 0.308 bits per heavy atom. The molecule has 0 saturated heterocycles. The molecule has 0 bridgehead atoms. The average molecular weight is 495 g/mol. The van der Waals surface area contributed by atoms with Crippen LogP contribution in [0.3, 0.4) is 0 Å². The number of hydrogen-bond acceptors (Lipinski definition) is 0. The Balaban J connectivity index is 1.52. The van der Waals surface area contributed by atoms with Gasteiger partial charge in [0.25, 0.3) is 0 Å². The van der Waals surface area contributed by atoms with Gasteiger partial charge in [-0.2, -0.15) is 0 Å². The maximum atomic E-state index is 2.36. The molecule has 0 nitrogen and oxygen atoms in total. The molecule has 0 aliphatic heterocycles. The summed E-state index contributed by atoms with van der Waals surface area (Å²) in [4.78, 5) is 0. The Kier molecular flexibility index (Phi) is 4.84. The molecule has 0 unspecified atom stereocenters. The van der Waals surface area contributed by atoms with E-state index < -0.39 is 0 Å². The first-order chi connectivity index (χ1) is 19.3. The Morgan fingerprint density at radius 2 is 0.821 bits per heavy atom. The normalized spacial score (nSPS) is 11.7. The van der Waals surface area contributed by atoms with Crippen LogP contribution in [0.25, 0.3) is 76.1 Å². The highest BCUT2D eigenvalue weighted by atomic mass is 14.2. The van der Waals surface area contributed by atoms with Gasteiger partial charge in [0.1, 0.15) is 0 Å². The number of hydrogen-bond donors (Lipinski definition) is 0. The van der Waals surface area contributed by atoms with Gasteiger partial charge in [0.15, 0.2) is 0 Å². The highest BCUT2D eigenvalue weighted by Gasteiger charge is 2.18. The van der Waals surface area contributed by atoms with Gasteiger partial charge in [0, 0.05) is 0 Å². The van der Waals surface area contributed by atoms with Crippen molar-refractivity contribution in [3.8, 4) is 22.3 Å². The van der Waals surface area contributed by atoms with Crippen LogP contribution in [0.4, 0.5) is 0 Å². The fourth-order valence-corrected chi connectivity index (χ4v) is 6.56. The Hall–Kier alpha value is -4.94. The zero-order chi connectivity index (χ0) is 25.9. The molecule has 0 atom stereocenters. The van der Waals surface area contributed by atoms with Gasteiger partial charge in [0.2, 0.25) is 0 Å². The molecule has 8 aromatic carbocycles. The minimum atomic E-state index is 1.28. The van der Waals surface area contributed by atoms with E-state index in [2.05, 4.69) is 146 Å². The second-order valence-corrected chi connectivity index (χ2v) is 10.5. The molecule has 0 aromatic heterocycles. The molecule has 0 fully saturated rings. The summed E-state index contributed by atoms with van der Waals surface area (Å²) < 4.78 is 0. The van der Waals surface area contributed by atoms with Crippen molar-refractivity contribution in [1.82, 2.24) is 0 Å². The molecule has 0 aliphatic rings. The summed E-state index contributed by atoms with van der Waals surface area (Å²) in [6.45, 7) is 2.21. The largest absolute Gasteiger partial charge is 0.0620 e. The standard InChI is InChI=1S/C39H26/c1-25-11-2-5-14-29(25)38-33-15-6-8-17-35(33)39(36-18-9-7-16-34(36)38)32-20-10-19-30-31(32)22-21-28-23-26-12-3-4-13-27(26)24-37(28)30/h2-24H,1H3. The summed E-state index contributed by atoms with van der Waals surface area (Å²) in [6.07, 6.45) is 0. The van der Waals surface area contributed by atoms with Crippen LogP contribution >= 0.6 is 0 Å². The van der Waals surface area contributed by atoms with Crippen LogP contribution in [0.5, 0.6) is 0 Å². The first-order valence-electron chi connectivity index (χ1n) is 13.6. The molecule has 8 aromatic rings. The molecule has 0 N–H and O–H groups in total. The lowest BCUT2D eigenvalue weighted by Gasteiger charge is -2.20. The fourth-order valence-electron chi connectivity index (χ4n) is 6.56. The van der Waals surface area contributed by atoms with Gasteiger partial charge in [-0.3, -0.25) is 0 Å². The average Bonchev–Trinajstić information content (AvgIpc) is 2.99. The number of benzene rings is 8. The predicted octanol–water partition coefficient (Wildman–Crippen LogP) is 11.1. The lowest BCUT2D eigenvalue weighted by atomic mass is 9.83. The monoisotopic (exact) mass is 494 g/mol. The van der Waals surface area contributed by atoms with E-state index in [4.69, 9.17) is 0 Å². The van der Waals surface area contributed by atoms with E-state index in [-0.39, 0.29) is 0 Å². The highest BCUT2D eigenvalue weighted by molar-refractivity contribution is 6.25. The van der Waals surface area contributed by atoms with Crippen LogP contribution in [0.15, 0.2) is 140 Å². The van der Waals surface area contributed by atoms with Crippen molar-refractivity contribution in [2.45, 2.75) is 6.92 Å². The van der Waals surface area contributed by atoms with Gasteiger partial charge in [-0.05, 0) is 101 Å². The Labute approximate surface area is 227 Å². The smallest absolute Gasteiger partial charge is 0.00201 e. The molecule has 0 amide bonds. The molecule has 0 heteroatoms. The molecule has 8 rings (SSSR count). The van der Waals surface area contributed by atoms with Crippen molar-refractivity contribution in [1.29, 1.82) is 0 Å². The van der Waals surface area contributed by atoms with E-state index >= 15 is 0 Å². The van der Waals surface area contributed by atoms with Crippen molar-refractivity contribution in [2.24, 2.45) is 0 Å². The lowest BCUT2D eigenvalue weighted by molar-refractivity contribution is 1.47. The second kappa shape index (κ2) is 8.55. The van der Waals surface area contributed by atoms with E-state index in [1.807, 2.05) is 0 Å². The van der Waals surface area contributed by atoms with Crippen LogP contribution in [-0.2, 0) is 0 Å². The topological polar surface area (TPSA) is 0 Å². The third kappa shape index (κ3) is 3.32. The van der Waals surface area contributed by atoms with Gasteiger partial charge < -0.3 is 0 Å². The molecule has 182 valence electrons. The Morgan fingerprint density at radius 3 is 1.49 bits per heavy atom. The summed E-state index contributed by atoms with van der Waals surface area (Å²) in [7, 11) is 0. The maximum Gasteiger partial charge on any atom is -0.00201 e. The lowest BCUT2D eigenvalue weighted by Crippen LogP contribution is -1.93. The molecule has 0 aliphatic carbocycles. The van der Waals surface area contributed by atoms with Gasteiger partial charge in [-0.1, -0.05) is 127 Å². The van der Waals surface area contributed by atoms with E-state index in [1.54, 1.807) is 0 Å². The van der Waals surface area contributed by atoms with Crippen molar-refractivity contribution < 1.29 is 0 Å². The zero-order valence-electron chi connectivity index (χ0n) is 21.8. The number of fused-ring (bicyclic) bond motifs is 6. The van der Waals surface area contributed by atoms with Crippen LogP contribution in [0.1, 0.15) is 5.56 Å². The predicted molar refractivity (Wildman–Crippen MR) is 170 cm³/mol. The summed E-state index contributed by atoms with van der Waals surface area (Å²) in [5.41, 5.74) is 6.51. The number of aryl methyl sites for hydroxylation is 1. The first kappa shape index (κ1) is 22.1. The van der Waals surface area contributed by atoms with Gasteiger partial charge in [0.05, 0.1) is 0 Å². The SMILES string of the molecule is Cc1ccccc1-c1c2ccccc2c(-c2cccc3c2ccc2cc4ccccc4cc23)c2ccccc12. The van der Waals surface area contributed by atoms with Crippen molar-refractivity contribution in [3.05, 3.63) is 145 Å². The van der Waals surface area contributed by atoms with E-state index in [1.165, 1.54) is 81.7 Å². The fraction of sp³-hybridized carbons (Fsp3) is 0.0256. The summed E-state index contributed by atoms with van der Waals surface area (Å²) in [5, 5.41) is 12.9. The van der Waals surface area contributed by atoms with Crippen molar-refractivity contribution in [2.75, 3.05) is 0 Å². The summed E-state index contributed by atoms with van der Waals surface area (Å²) >= 11 is 0. The van der Waals surface area contributed by atoms with E-state index in [0.29, 0.717) is 0 Å². The molecule has 0 radical (unpaired) electrons. The third-order valence-corrected chi connectivity index (χ3v) is 8.36. The van der Waals surface area contributed by atoms with Crippen LogP contribution in [-0.4, -0.2) is 0 Å². The highest BCUT2D eigenvalue weighted by Crippen LogP contribution is 2.46. The molecular formula is C39H26. The molecule has 0 heterocycles. The van der Waals surface area contributed by atoms with E-state index in [0.717, 1.165) is 0 Å². The quantitative estimate of drug-likeness (QED) is 0.166. The molecular weight excluding hydrogens is 468 g/mol. The second-order valence-electron chi connectivity index (χ2n) is 10.5. The van der Waals surface area contributed by atoms with Crippen molar-refractivity contribution in [3.63, 3.8) is 0 Å². The van der Waals surface area contributed by atoms with Crippen LogP contribution in [0, 0.1) is 6.92 Å². The zero-order valence-corrected chi connectivity index (χ0v) is 21.8. The minimum absolute atomic E-state index is 1.28. The van der Waals surface area contributed by atoms with E-state index in [9.17, 15) is 0 Å². The third-order valence-electron chi connectivity index (χ3n) is 8.36. The van der Waals surface area contributed by atoms with Crippen molar-refractivity contribution >= 4 is 53.9 Å². The maximum absolute atomic E-state index is 2.36. The molecule has 0 saturated carbocycles. The number of rotatable bonds is 2. The Bertz CT molecular complexity index is 2180. The summed E-state index contributed by atoms with van der Waals surface area (Å²) in [6, 6.07) is 51.4. The van der Waals surface area contributed by atoms with Gasteiger partial charge in [-0.25, -0.2) is 0 Å². The first-order valence-corrected chi connectivity index (χ1v) is 13.6. The van der Waals surface area contributed by atoms with Gasteiger partial charge in [-0.15, -0.1) is 0 Å². The summed E-state index contributed by atoms with van der Waals surface area (Å²) in [5.74, 6) is 0. The molecule has 0 spiro atoms. The molecule has 39 heavy (non-hydrogen) atoms.